The summed E-state index contributed by atoms with van der Waals surface area (Å²) in [6.45, 7) is 4.26. The van der Waals surface area contributed by atoms with Crippen LogP contribution in [0.25, 0.3) is 0 Å². The number of nitrogens with zero attached hydrogens (tertiary/aromatic N) is 2. The normalized spacial score (nSPS) is 20.7. The van der Waals surface area contributed by atoms with Crippen LogP contribution in [0.4, 0.5) is 0 Å². The number of carbonyl (C=O) groups excluding carboxylic acids is 2. The lowest BCUT2D eigenvalue weighted by molar-refractivity contribution is -0.128. The van der Waals surface area contributed by atoms with E-state index >= 15 is 0 Å². The number of carbonyl (C=O) groups is 2. The third-order valence-corrected chi connectivity index (χ3v) is 3.35. The predicted octanol–water partition coefficient (Wildman–Crippen LogP) is 0.248. The van der Waals surface area contributed by atoms with Gasteiger partial charge in [0.05, 0.1) is 13.2 Å². The molecule has 2 amide bonds. The van der Waals surface area contributed by atoms with E-state index in [1.54, 1.807) is 0 Å². The van der Waals surface area contributed by atoms with Crippen molar-refractivity contribution in [2.24, 2.45) is 0 Å². The highest BCUT2D eigenvalue weighted by atomic mass is 16.5. The van der Waals surface area contributed by atoms with Gasteiger partial charge in [-0.25, -0.2) is 0 Å². The second kappa shape index (κ2) is 6.00. The molecule has 0 aromatic heterocycles. The molecule has 0 spiro atoms. The van der Waals surface area contributed by atoms with Gasteiger partial charge in [0.2, 0.25) is 11.8 Å². The number of amides is 2. The lowest BCUT2D eigenvalue weighted by atomic mass is 10.4. The molecule has 0 atom stereocenters. The van der Waals surface area contributed by atoms with Crippen LogP contribution in [-0.4, -0.2) is 61.0 Å². The predicted molar refractivity (Wildman–Crippen MR) is 62.4 cm³/mol. The van der Waals surface area contributed by atoms with Crippen LogP contribution in [0.3, 0.4) is 0 Å². The van der Waals surface area contributed by atoms with Gasteiger partial charge >= 0.3 is 0 Å². The highest BCUT2D eigenvalue weighted by molar-refractivity contribution is 5.78. The van der Waals surface area contributed by atoms with Gasteiger partial charge in [-0.3, -0.25) is 9.59 Å². The highest BCUT2D eigenvalue weighted by Gasteiger charge is 2.20. The summed E-state index contributed by atoms with van der Waals surface area (Å²) in [7, 11) is 0. The van der Waals surface area contributed by atoms with Crippen molar-refractivity contribution in [3.8, 4) is 0 Å². The van der Waals surface area contributed by atoms with Crippen molar-refractivity contribution in [2.75, 3.05) is 39.4 Å². The zero-order valence-corrected chi connectivity index (χ0v) is 10.2. The average molecular weight is 240 g/mol. The van der Waals surface area contributed by atoms with E-state index in [1.807, 2.05) is 9.80 Å². The molecular formula is C12H20N2O3. The maximum absolute atomic E-state index is 11.3. The van der Waals surface area contributed by atoms with Gasteiger partial charge in [0, 0.05) is 39.0 Å². The molecule has 0 aliphatic carbocycles. The summed E-state index contributed by atoms with van der Waals surface area (Å²) in [5.41, 5.74) is 0. The van der Waals surface area contributed by atoms with E-state index in [1.165, 1.54) is 0 Å². The topological polar surface area (TPSA) is 49.9 Å². The maximum Gasteiger partial charge on any atom is 0.222 e. The molecule has 0 aromatic rings. The second-order valence-corrected chi connectivity index (χ2v) is 4.58. The Labute approximate surface area is 102 Å². The van der Waals surface area contributed by atoms with Crippen molar-refractivity contribution in [1.82, 2.24) is 9.80 Å². The van der Waals surface area contributed by atoms with E-state index in [9.17, 15) is 9.59 Å². The minimum atomic E-state index is 0.239. The van der Waals surface area contributed by atoms with Crippen LogP contribution in [0.2, 0.25) is 0 Å². The molecular weight excluding hydrogens is 220 g/mol. The van der Waals surface area contributed by atoms with Crippen molar-refractivity contribution < 1.29 is 14.3 Å². The summed E-state index contributed by atoms with van der Waals surface area (Å²) in [5, 5.41) is 0. The molecule has 0 N–H and O–H groups in total. The number of rotatable bonds is 6. The number of hydrogen-bond acceptors (Lipinski definition) is 3. The fourth-order valence-electron chi connectivity index (χ4n) is 2.33. The molecule has 0 bridgehead atoms. The molecule has 96 valence electrons. The first-order valence-corrected chi connectivity index (χ1v) is 6.40. The molecule has 2 heterocycles. The van der Waals surface area contributed by atoms with Crippen molar-refractivity contribution >= 4 is 11.8 Å². The van der Waals surface area contributed by atoms with E-state index in [0.717, 1.165) is 25.9 Å². The first-order chi connectivity index (χ1) is 8.27. The van der Waals surface area contributed by atoms with Crippen LogP contribution in [0, 0.1) is 0 Å². The fraction of sp³-hybridized carbons (Fsp3) is 0.833. The summed E-state index contributed by atoms with van der Waals surface area (Å²) < 4.78 is 5.47. The Kier molecular flexibility index (Phi) is 4.36. The maximum atomic E-state index is 11.3. The van der Waals surface area contributed by atoms with E-state index in [0.29, 0.717) is 39.1 Å². The van der Waals surface area contributed by atoms with Gasteiger partial charge in [0.25, 0.3) is 0 Å². The molecule has 2 fully saturated rings. The third kappa shape index (κ3) is 3.43. The minimum Gasteiger partial charge on any atom is -0.378 e. The summed E-state index contributed by atoms with van der Waals surface area (Å²) in [6, 6.07) is 0. The summed E-state index contributed by atoms with van der Waals surface area (Å²) in [4.78, 5) is 26.3. The monoisotopic (exact) mass is 240 g/mol. The molecule has 2 rings (SSSR count). The third-order valence-electron chi connectivity index (χ3n) is 3.35. The Hall–Kier alpha value is -1.10. The summed E-state index contributed by atoms with van der Waals surface area (Å²) >= 11 is 0. The summed E-state index contributed by atoms with van der Waals surface area (Å²) in [5.74, 6) is 0.478. The Balaban J connectivity index is 1.51. The molecule has 17 heavy (non-hydrogen) atoms. The van der Waals surface area contributed by atoms with Gasteiger partial charge in [0.1, 0.15) is 0 Å². The first kappa shape index (κ1) is 12.4. The van der Waals surface area contributed by atoms with Gasteiger partial charge in [-0.2, -0.15) is 0 Å². The largest absolute Gasteiger partial charge is 0.378 e. The van der Waals surface area contributed by atoms with E-state index < -0.39 is 0 Å². The lowest BCUT2D eigenvalue weighted by Gasteiger charge is -2.17. The van der Waals surface area contributed by atoms with E-state index in [2.05, 4.69) is 0 Å². The quantitative estimate of drug-likeness (QED) is 0.625. The molecule has 2 aliphatic heterocycles. The molecule has 0 saturated carbocycles. The molecule has 0 aromatic carbocycles. The molecule has 2 aliphatic rings. The smallest absolute Gasteiger partial charge is 0.222 e. The van der Waals surface area contributed by atoms with Gasteiger partial charge in [-0.1, -0.05) is 0 Å². The van der Waals surface area contributed by atoms with Gasteiger partial charge in [0.15, 0.2) is 0 Å². The van der Waals surface area contributed by atoms with Crippen LogP contribution in [-0.2, 0) is 14.3 Å². The molecule has 0 radical (unpaired) electrons. The molecule has 5 heteroatoms. The van der Waals surface area contributed by atoms with Crippen molar-refractivity contribution in [2.45, 2.75) is 25.7 Å². The van der Waals surface area contributed by atoms with E-state index in [-0.39, 0.29) is 11.8 Å². The van der Waals surface area contributed by atoms with Crippen molar-refractivity contribution in [3.05, 3.63) is 0 Å². The van der Waals surface area contributed by atoms with Crippen LogP contribution in [0.5, 0.6) is 0 Å². The van der Waals surface area contributed by atoms with Crippen LogP contribution in [0.15, 0.2) is 0 Å². The second-order valence-electron chi connectivity index (χ2n) is 4.58. The zero-order valence-electron chi connectivity index (χ0n) is 10.2. The van der Waals surface area contributed by atoms with Crippen LogP contribution in [0.1, 0.15) is 25.7 Å². The van der Waals surface area contributed by atoms with Crippen molar-refractivity contribution in [3.63, 3.8) is 0 Å². The standard InChI is InChI=1S/C12H20N2O3/c15-11-3-1-5-13(11)7-9-17-10-8-14-6-2-4-12(14)16/h1-10H2. The number of hydrogen-bond donors (Lipinski definition) is 0. The number of ether oxygens (including phenoxy) is 1. The summed E-state index contributed by atoms with van der Waals surface area (Å²) in [6.07, 6.45) is 3.31. The van der Waals surface area contributed by atoms with Gasteiger partial charge in [-0.05, 0) is 12.8 Å². The molecule has 5 nitrogen and oxygen atoms in total. The van der Waals surface area contributed by atoms with Gasteiger partial charge in [-0.15, -0.1) is 0 Å². The molecule has 0 unspecified atom stereocenters. The van der Waals surface area contributed by atoms with Crippen LogP contribution < -0.4 is 0 Å². The van der Waals surface area contributed by atoms with Crippen molar-refractivity contribution in [1.29, 1.82) is 0 Å². The van der Waals surface area contributed by atoms with E-state index in [4.69, 9.17) is 4.74 Å². The van der Waals surface area contributed by atoms with Gasteiger partial charge < -0.3 is 14.5 Å². The average Bonchev–Trinajstić information content (AvgIpc) is 2.89. The fourth-order valence-corrected chi connectivity index (χ4v) is 2.33. The SMILES string of the molecule is O=C1CCCN1CCOCCN1CCCC1=O. The Morgan fingerprint density at radius 1 is 0.882 bits per heavy atom. The molecule has 2 saturated heterocycles. The Morgan fingerprint density at radius 2 is 1.35 bits per heavy atom. The lowest BCUT2D eigenvalue weighted by Crippen LogP contribution is -2.31. The number of likely N-dealkylation sites (tertiary alicyclic amines) is 2. The Morgan fingerprint density at radius 3 is 1.71 bits per heavy atom. The minimum absolute atomic E-state index is 0.239. The first-order valence-electron chi connectivity index (χ1n) is 6.40. The van der Waals surface area contributed by atoms with Crippen LogP contribution >= 0.6 is 0 Å². The highest BCUT2D eigenvalue weighted by Crippen LogP contribution is 2.09. The zero-order chi connectivity index (χ0) is 12.1. The Bertz CT molecular complexity index is 265.